The quantitative estimate of drug-likeness (QED) is 0.466. The van der Waals surface area contributed by atoms with E-state index in [0.29, 0.717) is 18.2 Å². The molecule has 5 nitrogen and oxygen atoms in total. The van der Waals surface area contributed by atoms with Gasteiger partial charge in [0.25, 0.3) is 5.91 Å². The summed E-state index contributed by atoms with van der Waals surface area (Å²) >= 11 is 6.30. The Balaban J connectivity index is 1.17. The molecular formula is C25H25ClN4O. The first-order chi connectivity index (χ1) is 15.2. The number of pyridine rings is 1. The van der Waals surface area contributed by atoms with Gasteiger partial charge in [-0.1, -0.05) is 48.0 Å². The number of hydrogen-bond acceptors (Lipinski definition) is 3. The van der Waals surface area contributed by atoms with E-state index in [2.05, 4.69) is 26.3 Å². The van der Waals surface area contributed by atoms with E-state index < -0.39 is 0 Å². The highest BCUT2D eigenvalue weighted by Crippen LogP contribution is 2.24. The summed E-state index contributed by atoms with van der Waals surface area (Å²) in [6.45, 7) is 3.63. The van der Waals surface area contributed by atoms with Crippen LogP contribution in [0.1, 0.15) is 28.9 Å². The van der Waals surface area contributed by atoms with Crippen molar-refractivity contribution in [1.29, 1.82) is 0 Å². The van der Waals surface area contributed by atoms with E-state index in [0.717, 1.165) is 59.3 Å². The summed E-state index contributed by atoms with van der Waals surface area (Å²) in [5.74, 6) is 0.442. The van der Waals surface area contributed by atoms with Crippen molar-refractivity contribution in [3.8, 4) is 0 Å². The van der Waals surface area contributed by atoms with Crippen molar-refractivity contribution in [1.82, 2.24) is 20.2 Å². The first-order valence-corrected chi connectivity index (χ1v) is 11.2. The number of nitrogens with one attached hydrogen (secondary N) is 2. The fourth-order valence-electron chi connectivity index (χ4n) is 4.41. The molecular weight excluding hydrogens is 408 g/mol. The first-order valence-electron chi connectivity index (χ1n) is 10.8. The highest BCUT2D eigenvalue weighted by Gasteiger charge is 2.21. The zero-order chi connectivity index (χ0) is 21.2. The lowest BCUT2D eigenvalue weighted by atomic mass is 9.96. The predicted octanol–water partition coefficient (Wildman–Crippen LogP) is 5.01. The summed E-state index contributed by atoms with van der Waals surface area (Å²) in [4.78, 5) is 22.9. The second-order valence-electron chi connectivity index (χ2n) is 8.31. The number of likely N-dealkylation sites (tertiary alicyclic amines) is 1. The van der Waals surface area contributed by atoms with Gasteiger partial charge in [-0.3, -0.25) is 14.7 Å². The lowest BCUT2D eigenvalue weighted by Crippen LogP contribution is -2.38. The van der Waals surface area contributed by atoms with E-state index in [9.17, 15) is 4.79 Å². The molecule has 0 radical (unpaired) electrons. The number of fused-ring (bicyclic) bond motifs is 3. The standard InChI is InChI=1S/C25H25ClN4O/c26-21-6-2-1-4-20(21)16-30-12-9-17(10-13-30)15-28-25(31)22-14-19-8-7-18-5-3-11-27-23(18)24(19)29-22/h1-8,11,14,17,29H,9-10,12-13,15-16H2,(H,28,31). The number of piperidine rings is 1. The van der Waals surface area contributed by atoms with Crippen LogP contribution in [0, 0.1) is 5.92 Å². The maximum absolute atomic E-state index is 12.7. The third-order valence-electron chi connectivity index (χ3n) is 6.22. The normalized spacial score (nSPS) is 15.5. The number of amides is 1. The lowest BCUT2D eigenvalue weighted by molar-refractivity contribution is 0.0931. The zero-order valence-corrected chi connectivity index (χ0v) is 18.0. The van der Waals surface area contributed by atoms with Gasteiger partial charge in [-0.05, 0) is 55.6 Å². The minimum absolute atomic E-state index is 0.0567. The molecule has 1 aliphatic rings. The molecule has 0 saturated carbocycles. The summed E-state index contributed by atoms with van der Waals surface area (Å²) in [5.41, 5.74) is 3.57. The van der Waals surface area contributed by atoms with Gasteiger partial charge in [0.1, 0.15) is 5.69 Å². The number of hydrogen-bond donors (Lipinski definition) is 2. The van der Waals surface area contributed by atoms with Crippen LogP contribution in [-0.4, -0.2) is 40.4 Å². The Kier molecular flexibility index (Phi) is 5.62. The smallest absolute Gasteiger partial charge is 0.267 e. The van der Waals surface area contributed by atoms with Crippen LogP contribution in [0.25, 0.3) is 21.8 Å². The van der Waals surface area contributed by atoms with Gasteiger partial charge >= 0.3 is 0 Å². The largest absolute Gasteiger partial charge is 0.350 e. The Bertz CT molecular complexity index is 1230. The Morgan fingerprint density at radius 2 is 1.90 bits per heavy atom. The van der Waals surface area contributed by atoms with E-state index in [1.807, 2.05) is 48.5 Å². The molecule has 6 heteroatoms. The van der Waals surface area contributed by atoms with Crippen LogP contribution in [0.2, 0.25) is 5.02 Å². The molecule has 0 bridgehead atoms. The second-order valence-corrected chi connectivity index (χ2v) is 8.72. The maximum atomic E-state index is 12.7. The van der Waals surface area contributed by atoms with Gasteiger partial charge in [-0.15, -0.1) is 0 Å². The highest BCUT2D eigenvalue weighted by molar-refractivity contribution is 6.31. The Hall–Kier alpha value is -2.89. The van der Waals surface area contributed by atoms with Crippen LogP contribution in [0.15, 0.2) is 60.8 Å². The average molecular weight is 433 g/mol. The molecule has 0 atom stereocenters. The van der Waals surface area contributed by atoms with Crippen LogP contribution in [0.5, 0.6) is 0 Å². The molecule has 0 unspecified atom stereocenters. The molecule has 31 heavy (non-hydrogen) atoms. The number of halogens is 1. The van der Waals surface area contributed by atoms with Gasteiger partial charge in [0, 0.05) is 35.1 Å². The topological polar surface area (TPSA) is 61.0 Å². The van der Waals surface area contributed by atoms with Gasteiger partial charge in [0.2, 0.25) is 0 Å². The van der Waals surface area contributed by atoms with Crippen LogP contribution in [0.3, 0.4) is 0 Å². The van der Waals surface area contributed by atoms with Gasteiger partial charge in [0.05, 0.1) is 11.0 Å². The minimum atomic E-state index is -0.0567. The van der Waals surface area contributed by atoms with Crippen molar-refractivity contribution in [3.63, 3.8) is 0 Å². The summed E-state index contributed by atoms with van der Waals surface area (Å²) in [7, 11) is 0. The number of H-pyrrole nitrogens is 1. The number of carbonyl (C=O) groups excluding carboxylic acids is 1. The summed E-state index contributed by atoms with van der Waals surface area (Å²) in [6.07, 6.45) is 3.93. The molecule has 2 aromatic carbocycles. The van der Waals surface area contributed by atoms with Crippen LogP contribution in [0.4, 0.5) is 0 Å². The van der Waals surface area contributed by atoms with Crippen LogP contribution >= 0.6 is 11.6 Å². The summed E-state index contributed by atoms with van der Waals surface area (Å²) in [6, 6.07) is 18.0. The van der Waals surface area contributed by atoms with Crippen molar-refractivity contribution in [2.75, 3.05) is 19.6 Å². The van der Waals surface area contributed by atoms with E-state index in [-0.39, 0.29) is 5.91 Å². The molecule has 1 saturated heterocycles. The molecule has 0 aliphatic carbocycles. The van der Waals surface area contributed by atoms with Crippen molar-refractivity contribution in [3.05, 3.63) is 77.1 Å². The van der Waals surface area contributed by atoms with Gasteiger partial charge < -0.3 is 10.3 Å². The van der Waals surface area contributed by atoms with Crippen LogP contribution < -0.4 is 5.32 Å². The van der Waals surface area contributed by atoms with Gasteiger partial charge in [-0.2, -0.15) is 0 Å². The van der Waals surface area contributed by atoms with Crippen molar-refractivity contribution >= 4 is 39.3 Å². The third-order valence-corrected chi connectivity index (χ3v) is 6.59. The Morgan fingerprint density at radius 1 is 1.10 bits per heavy atom. The molecule has 3 heterocycles. The summed E-state index contributed by atoms with van der Waals surface area (Å²) < 4.78 is 0. The number of rotatable bonds is 5. The van der Waals surface area contributed by atoms with Gasteiger partial charge in [-0.25, -0.2) is 0 Å². The molecule has 2 aromatic heterocycles. The number of carbonyl (C=O) groups is 1. The molecule has 0 spiro atoms. The summed E-state index contributed by atoms with van der Waals surface area (Å²) in [5, 5.41) is 6.02. The average Bonchev–Trinajstić information content (AvgIpc) is 3.25. The highest BCUT2D eigenvalue weighted by atomic mass is 35.5. The fourth-order valence-corrected chi connectivity index (χ4v) is 4.60. The number of nitrogens with zero attached hydrogens (tertiary/aromatic N) is 2. The van der Waals surface area contributed by atoms with Crippen molar-refractivity contribution < 1.29 is 4.79 Å². The fraction of sp³-hybridized carbons (Fsp3) is 0.280. The SMILES string of the molecule is O=C(NCC1CCN(Cc2ccccc2Cl)CC1)c1cc2ccc3cccnc3c2[nH]1. The van der Waals surface area contributed by atoms with E-state index >= 15 is 0 Å². The lowest BCUT2D eigenvalue weighted by Gasteiger charge is -2.32. The third kappa shape index (κ3) is 4.29. The minimum Gasteiger partial charge on any atom is -0.350 e. The number of aromatic amines is 1. The van der Waals surface area contributed by atoms with Crippen molar-refractivity contribution in [2.45, 2.75) is 19.4 Å². The Labute approximate surface area is 186 Å². The molecule has 1 amide bonds. The van der Waals surface area contributed by atoms with Crippen molar-refractivity contribution in [2.24, 2.45) is 5.92 Å². The van der Waals surface area contributed by atoms with Gasteiger partial charge in [0.15, 0.2) is 0 Å². The monoisotopic (exact) mass is 432 g/mol. The molecule has 2 N–H and O–H groups in total. The van der Waals surface area contributed by atoms with E-state index in [4.69, 9.17) is 11.6 Å². The van der Waals surface area contributed by atoms with E-state index in [1.54, 1.807) is 6.20 Å². The molecule has 5 rings (SSSR count). The molecule has 158 valence electrons. The molecule has 1 fully saturated rings. The predicted molar refractivity (Wildman–Crippen MR) is 125 cm³/mol. The molecule has 4 aromatic rings. The first kappa shape index (κ1) is 20.0. The maximum Gasteiger partial charge on any atom is 0.267 e. The number of benzene rings is 2. The van der Waals surface area contributed by atoms with Crippen LogP contribution in [-0.2, 0) is 6.54 Å². The Morgan fingerprint density at radius 3 is 2.74 bits per heavy atom. The van der Waals surface area contributed by atoms with E-state index in [1.165, 1.54) is 5.56 Å². The second kappa shape index (κ2) is 8.69. The number of aromatic nitrogens is 2. The molecule has 1 aliphatic heterocycles. The zero-order valence-electron chi connectivity index (χ0n) is 17.3.